The minimum absolute atomic E-state index is 0.0413. The van der Waals surface area contributed by atoms with Crippen molar-refractivity contribution in [3.05, 3.63) is 93.4 Å². The number of hydrogen-bond acceptors (Lipinski definition) is 4. The van der Waals surface area contributed by atoms with Gasteiger partial charge in [0.1, 0.15) is 12.6 Å². The quantitative estimate of drug-likeness (QED) is 0.241. The van der Waals surface area contributed by atoms with Gasteiger partial charge in [-0.15, -0.1) is 0 Å². The SMILES string of the molecule is C[C@H](C(=O)NC1CCCCC1)N(Cc1cccc(Br)c1)C(=O)CN(c1cc(C(F)(F)F)ccc1Cl)S(=O)(=O)c1ccccc1. The standard InChI is InChI=1S/C31H32BrClF3N3O4S/c1-21(30(41)37-25-11-4-2-5-12-25)38(19-22-9-8-10-24(32)17-22)29(40)20-39(44(42,43)26-13-6-3-7-14-26)28-18-23(31(34,35)36)15-16-27(28)33/h3,6-10,13-18,21,25H,2,4-5,11-12,19-20H2,1H3,(H,37,41)/t21-/m1/s1. The predicted octanol–water partition coefficient (Wildman–Crippen LogP) is 7.18. The van der Waals surface area contributed by atoms with Crippen LogP contribution in [0.4, 0.5) is 18.9 Å². The Kier molecular flexibility index (Phi) is 11.0. The monoisotopic (exact) mass is 713 g/mol. The molecular weight excluding hydrogens is 683 g/mol. The van der Waals surface area contributed by atoms with E-state index in [1.165, 1.54) is 29.2 Å². The lowest BCUT2D eigenvalue weighted by Gasteiger charge is -2.33. The molecule has 4 rings (SSSR count). The molecule has 0 spiro atoms. The van der Waals surface area contributed by atoms with E-state index < -0.39 is 51.9 Å². The number of nitrogens with one attached hydrogen (secondary N) is 1. The predicted molar refractivity (Wildman–Crippen MR) is 167 cm³/mol. The average Bonchev–Trinajstić information content (AvgIpc) is 2.99. The molecule has 0 bridgehead atoms. The lowest BCUT2D eigenvalue weighted by Crippen LogP contribution is -2.53. The molecule has 0 heterocycles. The molecule has 13 heteroatoms. The molecule has 1 saturated carbocycles. The van der Waals surface area contributed by atoms with Gasteiger partial charge in [0.2, 0.25) is 11.8 Å². The van der Waals surface area contributed by atoms with Crippen LogP contribution < -0.4 is 9.62 Å². The topological polar surface area (TPSA) is 86.8 Å². The summed E-state index contributed by atoms with van der Waals surface area (Å²) < 4.78 is 70.2. The van der Waals surface area contributed by atoms with E-state index in [9.17, 15) is 31.2 Å². The number of alkyl halides is 3. The normalized spacial score (nSPS) is 15.0. The lowest BCUT2D eigenvalue weighted by atomic mass is 9.95. The zero-order valence-electron chi connectivity index (χ0n) is 23.9. The highest BCUT2D eigenvalue weighted by Gasteiger charge is 2.36. The molecule has 44 heavy (non-hydrogen) atoms. The van der Waals surface area contributed by atoms with E-state index in [4.69, 9.17) is 11.6 Å². The largest absolute Gasteiger partial charge is 0.416 e. The summed E-state index contributed by atoms with van der Waals surface area (Å²) in [5.74, 6) is -1.21. The number of carbonyl (C=O) groups excluding carboxylic acids is 2. The number of amides is 2. The van der Waals surface area contributed by atoms with Crippen LogP contribution in [0.1, 0.15) is 50.2 Å². The molecule has 0 aromatic heterocycles. The average molecular weight is 715 g/mol. The number of anilines is 1. The van der Waals surface area contributed by atoms with Crippen LogP contribution in [0.15, 0.2) is 82.2 Å². The number of hydrogen-bond donors (Lipinski definition) is 1. The molecule has 1 fully saturated rings. The van der Waals surface area contributed by atoms with E-state index >= 15 is 0 Å². The van der Waals surface area contributed by atoms with E-state index in [2.05, 4.69) is 21.2 Å². The summed E-state index contributed by atoms with van der Waals surface area (Å²) in [6.45, 7) is 0.571. The van der Waals surface area contributed by atoms with E-state index in [1.807, 2.05) is 0 Å². The summed E-state index contributed by atoms with van der Waals surface area (Å²) in [5, 5.41) is 2.71. The Morgan fingerprint density at radius 3 is 2.32 bits per heavy atom. The fourth-order valence-corrected chi connectivity index (χ4v) is 7.26. The second-order valence-electron chi connectivity index (χ2n) is 10.7. The van der Waals surface area contributed by atoms with E-state index in [1.54, 1.807) is 37.3 Å². The first kappa shape index (κ1) is 33.8. The van der Waals surface area contributed by atoms with Crippen LogP contribution in [0.3, 0.4) is 0 Å². The van der Waals surface area contributed by atoms with Gasteiger partial charge in [-0.2, -0.15) is 13.2 Å². The van der Waals surface area contributed by atoms with Gasteiger partial charge in [0, 0.05) is 17.1 Å². The smallest absolute Gasteiger partial charge is 0.352 e. The number of halogens is 5. The molecule has 3 aromatic carbocycles. The maximum atomic E-state index is 14.1. The molecule has 1 aliphatic rings. The van der Waals surface area contributed by atoms with Crippen LogP contribution in [0.2, 0.25) is 5.02 Å². The summed E-state index contributed by atoms with van der Waals surface area (Å²) in [5.41, 5.74) is -0.996. The maximum Gasteiger partial charge on any atom is 0.416 e. The molecule has 2 amide bonds. The van der Waals surface area contributed by atoms with Crippen molar-refractivity contribution in [1.29, 1.82) is 0 Å². The zero-order chi connectivity index (χ0) is 32.1. The van der Waals surface area contributed by atoms with Gasteiger partial charge >= 0.3 is 6.18 Å². The maximum absolute atomic E-state index is 14.1. The Balaban J connectivity index is 1.75. The third-order valence-electron chi connectivity index (χ3n) is 7.51. The molecule has 1 N–H and O–H groups in total. The Morgan fingerprint density at radius 2 is 1.68 bits per heavy atom. The molecular formula is C31H32BrClF3N3O4S. The van der Waals surface area contributed by atoms with Gasteiger partial charge in [-0.05, 0) is 67.8 Å². The molecule has 0 unspecified atom stereocenters. The van der Waals surface area contributed by atoms with Gasteiger partial charge in [0.15, 0.2) is 0 Å². The highest BCUT2D eigenvalue weighted by atomic mass is 79.9. The number of sulfonamides is 1. The third kappa shape index (κ3) is 8.33. The van der Waals surface area contributed by atoms with Gasteiger partial charge in [0.25, 0.3) is 10.0 Å². The molecule has 0 saturated heterocycles. The van der Waals surface area contributed by atoms with Gasteiger partial charge < -0.3 is 10.2 Å². The van der Waals surface area contributed by atoms with Gasteiger partial charge in [-0.3, -0.25) is 13.9 Å². The molecule has 1 atom stereocenters. The van der Waals surface area contributed by atoms with Crippen LogP contribution in [0, 0.1) is 0 Å². The van der Waals surface area contributed by atoms with Crippen molar-refractivity contribution >= 4 is 55.1 Å². The highest BCUT2D eigenvalue weighted by molar-refractivity contribution is 9.10. The Bertz CT molecular complexity index is 1590. The first-order valence-electron chi connectivity index (χ1n) is 14.1. The minimum atomic E-state index is -4.80. The zero-order valence-corrected chi connectivity index (χ0v) is 27.0. The number of benzene rings is 3. The van der Waals surface area contributed by atoms with E-state index in [0.717, 1.165) is 48.7 Å². The van der Waals surface area contributed by atoms with Crippen molar-refractivity contribution < 1.29 is 31.2 Å². The molecule has 0 aliphatic heterocycles. The highest BCUT2D eigenvalue weighted by Crippen LogP contribution is 2.37. The summed E-state index contributed by atoms with van der Waals surface area (Å²) in [4.78, 5) is 28.5. The van der Waals surface area contributed by atoms with Crippen molar-refractivity contribution in [1.82, 2.24) is 10.2 Å². The molecule has 3 aromatic rings. The molecule has 1 aliphatic carbocycles. The molecule has 7 nitrogen and oxygen atoms in total. The summed E-state index contributed by atoms with van der Waals surface area (Å²) in [6.07, 6.45) is -0.137. The van der Waals surface area contributed by atoms with Crippen molar-refractivity contribution in [2.75, 3.05) is 10.8 Å². The van der Waals surface area contributed by atoms with Crippen molar-refractivity contribution in [2.45, 2.75) is 68.7 Å². The first-order valence-corrected chi connectivity index (χ1v) is 16.7. The van der Waals surface area contributed by atoms with Crippen LogP contribution >= 0.6 is 27.5 Å². The van der Waals surface area contributed by atoms with Crippen molar-refractivity contribution in [3.8, 4) is 0 Å². The number of nitrogens with zero attached hydrogens (tertiary/aromatic N) is 2. The van der Waals surface area contributed by atoms with Crippen molar-refractivity contribution in [3.63, 3.8) is 0 Å². The summed E-state index contributed by atoms with van der Waals surface area (Å²) in [6, 6.07) is 15.3. The fourth-order valence-electron chi connectivity index (χ4n) is 5.10. The lowest BCUT2D eigenvalue weighted by molar-refractivity contribution is -0.139. The fraction of sp³-hybridized carbons (Fsp3) is 0.355. The van der Waals surface area contributed by atoms with Crippen LogP contribution in [0.25, 0.3) is 0 Å². The van der Waals surface area contributed by atoms with Gasteiger partial charge in [-0.1, -0.05) is 77.1 Å². The van der Waals surface area contributed by atoms with Crippen LogP contribution in [0.5, 0.6) is 0 Å². The molecule has 0 radical (unpaired) electrons. The third-order valence-corrected chi connectivity index (χ3v) is 10.1. The number of rotatable bonds is 10. The second-order valence-corrected chi connectivity index (χ2v) is 13.8. The second kappa shape index (κ2) is 14.3. The van der Waals surface area contributed by atoms with E-state index in [-0.39, 0.29) is 22.5 Å². The van der Waals surface area contributed by atoms with Gasteiger partial charge in [0.05, 0.1) is 21.2 Å². The molecule has 236 valence electrons. The van der Waals surface area contributed by atoms with E-state index in [0.29, 0.717) is 15.9 Å². The summed E-state index contributed by atoms with van der Waals surface area (Å²) >= 11 is 9.70. The van der Waals surface area contributed by atoms with Crippen molar-refractivity contribution in [2.24, 2.45) is 0 Å². The first-order chi connectivity index (χ1) is 20.8. The Labute approximate surface area is 268 Å². The van der Waals surface area contributed by atoms with Gasteiger partial charge in [-0.25, -0.2) is 8.42 Å². The summed E-state index contributed by atoms with van der Waals surface area (Å²) in [7, 11) is -4.59. The van der Waals surface area contributed by atoms with Crippen LogP contribution in [-0.2, 0) is 32.3 Å². The Morgan fingerprint density at radius 1 is 1.00 bits per heavy atom. The Hall–Kier alpha value is -3.09. The van der Waals surface area contributed by atoms with Crippen LogP contribution in [-0.4, -0.2) is 43.8 Å². The number of carbonyl (C=O) groups is 2. The minimum Gasteiger partial charge on any atom is -0.352 e.